The summed E-state index contributed by atoms with van der Waals surface area (Å²) in [4.78, 5) is 0. The highest BCUT2D eigenvalue weighted by atomic mass is 19.1. The van der Waals surface area contributed by atoms with Gasteiger partial charge in [-0.25, -0.2) is 9.07 Å². The molecule has 2 aromatic carbocycles. The second kappa shape index (κ2) is 8.29. The van der Waals surface area contributed by atoms with E-state index in [1.54, 1.807) is 23.0 Å². The van der Waals surface area contributed by atoms with Gasteiger partial charge in [0, 0.05) is 17.3 Å². The van der Waals surface area contributed by atoms with Crippen molar-refractivity contribution in [2.75, 3.05) is 6.61 Å². The Balaban J connectivity index is 1.95. The Labute approximate surface area is 151 Å². The minimum atomic E-state index is -0.445. The first-order chi connectivity index (χ1) is 12.7. The highest BCUT2D eigenvalue weighted by Crippen LogP contribution is 2.27. The summed E-state index contributed by atoms with van der Waals surface area (Å²) in [6, 6.07) is 14.3. The van der Waals surface area contributed by atoms with E-state index >= 15 is 0 Å². The Morgan fingerprint density at radius 1 is 1.23 bits per heavy atom. The first-order valence-corrected chi connectivity index (χ1v) is 8.48. The van der Waals surface area contributed by atoms with E-state index < -0.39 is 5.82 Å². The van der Waals surface area contributed by atoms with Crippen LogP contribution in [-0.2, 0) is 0 Å². The number of unbranched alkanes of at least 4 members (excludes halogenated alkanes) is 1. The predicted molar refractivity (Wildman–Crippen MR) is 98.7 cm³/mol. The van der Waals surface area contributed by atoms with Crippen LogP contribution in [-0.4, -0.2) is 27.8 Å². The lowest BCUT2D eigenvalue weighted by Crippen LogP contribution is -1.99. The topological polar surface area (TPSA) is 59.6 Å². The van der Waals surface area contributed by atoms with Crippen LogP contribution in [0.5, 0.6) is 5.75 Å². The summed E-state index contributed by atoms with van der Waals surface area (Å²) in [7, 11) is 0. The standard InChI is InChI=1S/C20H20FN3O2/c1-2-3-11-26-19-10-9-15(12-18(19)21)20-16(13-22-25)14-24(23-20)17-7-5-4-6-8-17/h4-10,12-14,25H,2-3,11H2,1H3. The summed E-state index contributed by atoms with van der Waals surface area (Å²) in [6.07, 6.45) is 4.87. The molecule has 1 N–H and O–H groups in total. The predicted octanol–water partition coefficient (Wildman–Crippen LogP) is 4.67. The van der Waals surface area contributed by atoms with Crippen molar-refractivity contribution in [2.45, 2.75) is 19.8 Å². The average molecular weight is 353 g/mol. The van der Waals surface area contributed by atoms with Gasteiger partial charge in [0.25, 0.3) is 0 Å². The molecule has 0 aliphatic carbocycles. The van der Waals surface area contributed by atoms with Crippen molar-refractivity contribution in [2.24, 2.45) is 5.16 Å². The zero-order valence-corrected chi connectivity index (χ0v) is 14.5. The Hall–Kier alpha value is -3.15. The quantitative estimate of drug-likeness (QED) is 0.291. The number of nitrogens with zero attached hydrogens (tertiary/aromatic N) is 3. The Kier molecular flexibility index (Phi) is 5.63. The van der Waals surface area contributed by atoms with Gasteiger partial charge in [-0.05, 0) is 36.8 Å². The van der Waals surface area contributed by atoms with Crippen molar-refractivity contribution < 1.29 is 14.3 Å². The fraction of sp³-hybridized carbons (Fsp3) is 0.200. The number of halogens is 1. The van der Waals surface area contributed by atoms with Crippen LogP contribution in [0.2, 0.25) is 0 Å². The van der Waals surface area contributed by atoms with E-state index in [1.165, 1.54) is 12.3 Å². The Morgan fingerprint density at radius 3 is 2.73 bits per heavy atom. The molecule has 26 heavy (non-hydrogen) atoms. The van der Waals surface area contributed by atoms with Crippen LogP contribution in [0.3, 0.4) is 0 Å². The Bertz CT molecular complexity index is 891. The largest absolute Gasteiger partial charge is 0.491 e. The molecule has 1 heterocycles. The van der Waals surface area contributed by atoms with Gasteiger partial charge in [0.15, 0.2) is 11.6 Å². The van der Waals surface area contributed by atoms with Crippen LogP contribution in [0.15, 0.2) is 59.9 Å². The second-order valence-electron chi connectivity index (χ2n) is 5.80. The molecule has 3 rings (SSSR count). The number of ether oxygens (including phenoxy) is 1. The molecule has 0 spiro atoms. The molecule has 0 saturated carbocycles. The molecule has 0 aliphatic rings. The van der Waals surface area contributed by atoms with Crippen LogP contribution in [0.4, 0.5) is 4.39 Å². The highest BCUT2D eigenvalue weighted by Gasteiger charge is 2.14. The average Bonchev–Trinajstić information content (AvgIpc) is 3.08. The third-order valence-corrected chi connectivity index (χ3v) is 3.92. The molecule has 0 saturated heterocycles. The van der Waals surface area contributed by atoms with E-state index in [1.807, 2.05) is 30.3 Å². The van der Waals surface area contributed by atoms with E-state index in [2.05, 4.69) is 17.2 Å². The van der Waals surface area contributed by atoms with Gasteiger partial charge in [0.1, 0.15) is 5.69 Å². The molecule has 0 radical (unpaired) electrons. The summed E-state index contributed by atoms with van der Waals surface area (Å²) in [5, 5.41) is 16.5. The molecule has 134 valence electrons. The number of aromatic nitrogens is 2. The maximum atomic E-state index is 14.4. The molecule has 3 aromatic rings. The molecule has 0 unspecified atom stereocenters. The molecule has 6 heteroatoms. The maximum absolute atomic E-state index is 14.4. The van der Waals surface area contributed by atoms with Crippen molar-refractivity contribution >= 4 is 6.21 Å². The number of benzene rings is 2. The summed E-state index contributed by atoms with van der Waals surface area (Å²) < 4.78 is 21.5. The monoisotopic (exact) mass is 353 g/mol. The SMILES string of the molecule is CCCCOc1ccc(-c2nn(-c3ccccc3)cc2C=NO)cc1F. The fourth-order valence-electron chi connectivity index (χ4n) is 2.57. The number of para-hydroxylation sites is 1. The van der Waals surface area contributed by atoms with Crippen LogP contribution in [0.1, 0.15) is 25.3 Å². The van der Waals surface area contributed by atoms with Gasteiger partial charge in [-0.2, -0.15) is 5.10 Å². The van der Waals surface area contributed by atoms with Crippen molar-refractivity contribution in [1.29, 1.82) is 0 Å². The van der Waals surface area contributed by atoms with Crippen LogP contribution < -0.4 is 4.74 Å². The van der Waals surface area contributed by atoms with Gasteiger partial charge in [-0.3, -0.25) is 0 Å². The first kappa shape index (κ1) is 17.7. The van der Waals surface area contributed by atoms with Gasteiger partial charge < -0.3 is 9.94 Å². The summed E-state index contributed by atoms with van der Waals surface area (Å²) in [5.41, 5.74) is 2.53. The number of rotatable bonds is 7. The van der Waals surface area contributed by atoms with Crippen molar-refractivity contribution in [1.82, 2.24) is 9.78 Å². The number of oxime groups is 1. The first-order valence-electron chi connectivity index (χ1n) is 8.48. The van der Waals surface area contributed by atoms with Crippen LogP contribution in [0, 0.1) is 5.82 Å². The highest BCUT2D eigenvalue weighted by molar-refractivity contribution is 5.88. The molecule has 0 bridgehead atoms. The molecular weight excluding hydrogens is 333 g/mol. The molecule has 0 atom stereocenters. The Morgan fingerprint density at radius 2 is 2.04 bits per heavy atom. The summed E-state index contributed by atoms with van der Waals surface area (Å²) >= 11 is 0. The third-order valence-electron chi connectivity index (χ3n) is 3.92. The van der Waals surface area contributed by atoms with E-state index in [4.69, 9.17) is 9.94 Å². The normalized spacial score (nSPS) is 11.2. The lowest BCUT2D eigenvalue weighted by molar-refractivity contribution is 0.294. The van der Waals surface area contributed by atoms with Crippen LogP contribution >= 0.6 is 0 Å². The summed E-state index contributed by atoms with van der Waals surface area (Å²) in [6.45, 7) is 2.54. The van der Waals surface area contributed by atoms with E-state index in [0.29, 0.717) is 23.4 Å². The number of hydrogen-bond acceptors (Lipinski definition) is 4. The van der Waals surface area contributed by atoms with Gasteiger partial charge in [-0.15, -0.1) is 0 Å². The van der Waals surface area contributed by atoms with Crippen LogP contribution in [0.25, 0.3) is 16.9 Å². The maximum Gasteiger partial charge on any atom is 0.165 e. The van der Waals surface area contributed by atoms with Gasteiger partial charge >= 0.3 is 0 Å². The van der Waals surface area contributed by atoms with Crippen molar-refractivity contribution in [3.8, 4) is 22.7 Å². The van der Waals surface area contributed by atoms with Gasteiger partial charge in [-0.1, -0.05) is 36.7 Å². The molecular formula is C20H20FN3O2. The fourth-order valence-corrected chi connectivity index (χ4v) is 2.57. The number of hydrogen-bond donors (Lipinski definition) is 1. The molecule has 1 aromatic heterocycles. The minimum absolute atomic E-state index is 0.224. The van der Waals surface area contributed by atoms with E-state index in [-0.39, 0.29) is 5.75 Å². The second-order valence-corrected chi connectivity index (χ2v) is 5.80. The van der Waals surface area contributed by atoms with Gasteiger partial charge in [0.2, 0.25) is 0 Å². The van der Waals surface area contributed by atoms with Crippen molar-refractivity contribution in [3.05, 3.63) is 66.1 Å². The third kappa shape index (κ3) is 3.91. The lowest BCUT2D eigenvalue weighted by atomic mass is 10.1. The van der Waals surface area contributed by atoms with Crippen molar-refractivity contribution in [3.63, 3.8) is 0 Å². The minimum Gasteiger partial charge on any atom is -0.491 e. The molecule has 5 nitrogen and oxygen atoms in total. The zero-order valence-electron chi connectivity index (χ0n) is 14.5. The lowest BCUT2D eigenvalue weighted by Gasteiger charge is -2.08. The van der Waals surface area contributed by atoms with Gasteiger partial charge in [0.05, 0.1) is 18.5 Å². The zero-order chi connectivity index (χ0) is 18.4. The smallest absolute Gasteiger partial charge is 0.165 e. The van der Waals surface area contributed by atoms with E-state index in [9.17, 15) is 4.39 Å². The summed E-state index contributed by atoms with van der Waals surface area (Å²) in [5.74, 6) is -0.221. The molecule has 0 aliphatic heterocycles. The van der Waals surface area contributed by atoms with E-state index in [0.717, 1.165) is 18.5 Å². The molecule has 0 fully saturated rings. The molecule has 0 amide bonds.